The number of benzene rings is 3. The Balaban J connectivity index is 1.16. The molecule has 1 fully saturated rings. The van der Waals surface area contributed by atoms with Crippen LogP contribution in [0.25, 0.3) is 11.2 Å². The summed E-state index contributed by atoms with van der Waals surface area (Å²) >= 11 is 1.62. The van der Waals surface area contributed by atoms with Crippen molar-refractivity contribution in [3.05, 3.63) is 102 Å². The second-order valence-electron chi connectivity index (χ2n) is 9.55. The fourth-order valence-corrected chi connectivity index (χ4v) is 5.21. The van der Waals surface area contributed by atoms with E-state index in [2.05, 4.69) is 82.1 Å². The largest absolute Gasteiger partial charge is 0.437 e. The van der Waals surface area contributed by atoms with Crippen molar-refractivity contribution in [3.8, 4) is 11.6 Å². The van der Waals surface area contributed by atoms with Gasteiger partial charge in [-0.1, -0.05) is 96.7 Å². The van der Waals surface area contributed by atoms with E-state index < -0.39 is 0 Å². The van der Waals surface area contributed by atoms with Crippen LogP contribution in [0.4, 0.5) is 0 Å². The number of nitrogens with one attached hydrogen (secondary N) is 1. The van der Waals surface area contributed by atoms with Crippen LogP contribution in [-0.4, -0.2) is 36.8 Å². The summed E-state index contributed by atoms with van der Waals surface area (Å²) in [7, 11) is 0. The number of ether oxygens (including phenoxy) is 1. The lowest BCUT2D eigenvalue weighted by Gasteiger charge is -2.09. The third-order valence-electron chi connectivity index (χ3n) is 6.65. The number of fused-ring (bicyclic) bond motifs is 1. The number of nitrogens with zero attached hydrogens (tertiary/aromatic N) is 5. The third-order valence-corrected chi connectivity index (χ3v) is 7.70. The fourth-order valence-electron chi connectivity index (χ4n) is 4.53. The van der Waals surface area contributed by atoms with Crippen LogP contribution >= 0.6 is 11.8 Å². The maximum atomic E-state index is 6.24. The van der Waals surface area contributed by atoms with Gasteiger partial charge in [0.2, 0.25) is 0 Å². The van der Waals surface area contributed by atoms with Gasteiger partial charge < -0.3 is 10.1 Å². The average Bonchev–Trinajstić information content (AvgIpc) is 3.64. The van der Waals surface area contributed by atoms with Crippen molar-refractivity contribution in [2.45, 2.75) is 50.0 Å². The lowest BCUT2D eigenvalue weighted by atomic mass is 10.1. The molecule has 2 aromatic heterocycles. The summed E-state index contributed by atoms with van der Waals surface area (Å²) in [5.41, 5.74) is 5.01. The lowest BCUT2D eigenvalue weighted by Crippen LogP contribution is -2.17. The molecule has 7 nitrogen and oxygen atoms in total. The predicted octanol–water partition coefficient (Wildman–Crippen LogP) is 6.21. The zero-order chi connectivity index (χ0) is 25.7. The Kier molecular flexibility index (Phi) is 7.33. The van der Waals surface area contributed by atoms with Crippen molar-refractivity contribution in [1.29, 1.82) is 0 Å². The van der Waals surface area contributed by atoms with Crippen molar-refractivity contribution >= 4 is 22.9 Å². The molecule has 1 N–H and O–H groups in total. The highest BCUT2D eigenvalue weighted by atomic mass is 32.2. The zero-order valence-electron chi connectivity index (χ0n) is 21.3. The molecule has 192 valence electrons. The SMILES string of the molecule is CCCSc1nc(Oc2ccc(CN[C@@H]3C[C@H]3c3ccccc3)cc2)c2nnn(Cc3ccccc3)c2n1. The first kappa shape index (κ1) is 24.6. The molecular formula is C30H30N6OS. The minimum Gasteiger partial charge on any atom is -0.437 e. The third kappa shape index (κ3) is 5.71. The van der Waals surface area contributed by atoms with E-state index in [1.165, 1.54) is 17.5 Å². The number of hydrogen-bond donors (Lipinski definition) is 1. The van der Waals surface area contributed by atoms with Gasteiger partial charge in [0, 0.05) is 24.3 Å². The summed E-state index contributed by atoms with van der Waals surface area (Å²) in [5, 5.41) is 13.1. The van der Waals surface area contributed by atoms with Gasteiger partial charge in [-0.3, -0.25) is 0 Å². The first-order chi connectivity index (χ1) is 18.8. The first-order valence-electron chi connectivity index (χ1n) is 13.1. The van der Waals surface area contributed by atoms with E-state index in [0.717, 1.165) is 24.3 Å². The molecule has 0 spiro atoms. The molecule has 1 saturated carbocycles. The molecule has 38 heavy (non-hydrogen) atoms. The van der Waals surface area contributed by atoms with Gasteiger partial charge in [0.25, 0.3) is 5.88 Å². The van der Waals surface area contributed by atoms with E-state index in [-0.39, 0.29) is 0 Å². The van der Waals surface area contributed by atoms with Gasteiger partial charge in [0.15, 0.2) is 16.3 Å². The monoisotopic (exact) mass is 522 g/mol. The van der Waals surface area contributed by atoms with Crippen molar-refractivity contribution in [3.63, 3.8) is 0 Å². The van der Waals surface area contributed by atoms with Crippen molar-refractivity contribution < 1.29 is 4.74 Å². The predicted molar refractivity (Wildman–Crippen MR) is 151 cm³/mol. The minimum absolute atomic E-state index is 0.433. The van der Waals surface area contributed by atoms with Crippen LogP contribution in [0.5, 0.6) is 11.6 Å². The van der Waals surface area contributed by atoms with Gasteiger partial charge in [0.1, 0.15) is 5.75 Å². The summed E-state index contributed by atoms with van der Waals surface area (Å²) in [6, 6.07) is 29.6. The highest BCUT2D eigenvalue weighted by molar-refractivity contribution is 7.99. The molecule has 8 heteroatoms. The standard InChI is InChI=1S/C30H30N6OS/c1-2-17-38-30-32-28-27(34-35-36(28)20-22-9-5-3-6-10-22)29(33-30)37-24-15-13-21(14-16-24)19-31-26-18-25(26)23-11-7-4-8-12-23/h3-16,25-26,31H,2,17-20H2,1H3/t25-,26+/m0/s1. The maximum Gasteiger partial charge on any atom is 0.253 e. The highest BCUT2D eigenvalue weighted by Gasteiger charge is 2.37. The van der Waals surface area contributed by atoms with E-state index in [1.54, 1.807) is 11.8 Å². The van der Waals surface area contributed by atoms with Gasteiger partial charge in [-0.15, -0.1) is 5.10 Å². The Hall–Kier alpha value is -3.75. The molecule has 3 aromatic carbocycles. The topological polar surface area (TPSA) is 77.8 Å². The van der Waals surface area contributed by atoms with Crippen molar-refractivity contribution in [2.24, 2.45) is 0 Å². The summed E-state index contributed by atoms with van der Waals surface area (Å²) in [6.07, 6.45) is 2.23. The average molecular weight is 523 g/mol. The number of hydrogen-bond acceptors (Lipinski definition) is 7. The number of thioether (sulfide) groups is 1. The van der Waals surface area contributed by atoms with Crippen LogP contribution in [0.2, 0.25) is 0 Å². The molecule has 1 aliphatic carbocycles. The summed E-state index contributed by atoms with van der Waals surface area (Å²) in [5.74, 6) is 2.70. The molecule has 5 aromatic rings. The summed E-state index contributed by atoms with van der Waals surface area (Å²) < 4.78 is 8.05. The van der Waals surface area contributed by atoms with Crippen molar-refractivity contribution in [1.82, 2.24) is 30.3 Å². The maximum absolute atomic E-state index is 6.24. The Bertz CT molecular complexity index is 1490. The molecule has 0 saturated heterocycles. The molecule has 6 rings (SSSR count). The van der Waals surface area contributed by atoms with Crippen LogP contribution < -0.4 is 10.1 Å². The van der Waals surface area contributed by atoms with Crippen LogP contribution in [0.3, 0.4) is 0 Å². The molecule has 1 aliphatic rings. The van der Waals surface area contributed by atoms with E-state index in [1.807, 2.05) is 35.0 Å². The van der Waals surface area contributed by atoms with E-state index in [4.69, 9.17) is 9.72 Å². The molecule has 0 radical (unpaired) electrons. The van der Waals surface area contributed by atoms with Crippen LogP contribution in [0, 0.1) is 0 Å². The van der Waals surface area contributed by atoms with Crippen LogP contribution in [-0.2, 0) is 13.1 Å². The smallest absolute Gasteiger partial charge is 0.253 e. The van der Waals surface area contributed by atoms with Gasteiger partial charge in [-0.05, 0) is 41.7 Å². The molecule has 0 aliphatic heterocycles. The van der Waals surface area contributed by atoms with Gasteiger partial charge >= 0.3 is 0 Å². The fraction of sp³-hybridized carbons (Fsp3) is 0.267. The Morgan fingerprint density at radius 2 is 1.68 bits per heavy atom. The van der Waals surface area contributed by atoms with E-state index in [0.29, 0.717) is 46.5 Å². The van der Waals surface area contributed by atoms with Gasteiger partial charge in [-0.25, -0.2) is 9.67 Å². The molecule has 0 amide bonds. The number of aromatic nitrogens is 5. The molecule has 2 heterocycles. The van der Waals surface area contributed by atoms with Crippen LogP contribution in [0.1, 0.15) is 42.4 Å². The van der Waals surface area contributed by atoms with E-state index >= 15 is 0 Å². The number of rotatable bonds is 11. The Morgan fingerprint density at radius 1 is 0.921 bits per heavy atom. The van der Waals surface area contributed by atoms with Crippen LogP contribution in [0.15, 0.2) is 90.1 Å². The van der Waals surface area contributed by atoms with Gasteiger partial charge in [0.05, 0.1) is 6.54 Å². The Morgan fingerprint density at radius 3 is 2.45 bits per heavy atom. The van der Waals surface area contributed by atoms with Crippen molar-refractivity contribution in [2.75, 3.05) is 5.75 Å². The molecule has 2 atom stereocenters. The second kappa shape index (κ2) is 11.3. The second-order valence-corrected chi connectivity index (χ2v) is 10.6. The highest BCUT2D eigenvalue weighted by Crippen LogP contribution is 2.40. The normalized spacial score (nSPS) is 16.6. The lowest BCUT2D eigenvalue weighted by molar-refractivity contribution is 0.461. The molecule has 0 unspecified atom stereocenters. The zero-order valence-corrected chi connectivity index (χ0v) is 22.1. The van der Waals surface area contributed by atoms with E-state index in [9.17, 15) is 0 Å². The van der Waals surface area contributed by atoms with Gasteiger partial charge in [-0.2, -0.15) is 4.98 Å². The Labute approximate surface area is 226 Å². The first-order valence-corrected chi connectivity index (χ1v) is 14.1. The minimum atomic E-state index is 0.433. The summed E-state index contributed by atoms with van der Waals surface area (Å²) in [4.78, 5) is 9.44. The molecule has 0 bridgehead atoms. The quantitative estimate of drug-likeness (QED) is 0.163. The summed E-state index contributed by atoms with van der Waals surface area (Å²) in [6.45, 7) is 3.56. The molecular weight excluding hydrogens is 492 g/mol.